The van der Waals surface area contributed by atoms with Crippen molar-refractivity contribution in [3.8, 4) is 0 Å². The van der Waals surface area contributed by atoms with Crippen molar-refractivity contribution < 1.29 is 9.53 Å². The molecule has 1 unspecified atom stereocenters. The third kappa shape index (κ3) is 3.87. The van der Waals surface area contributed by atoms with E-state index in [-0.39, 0.29) is 12.0 Å². The van der Waals surface area contributed by atoms with Crippen LogP contribution in [0.4, 0.5) is 0 Å². The number of ether oxygens (including phenoxy) is 1. The Labute approximate surface area is 108 Å². The third-order valence-corrected chi connectivity index (χ3v) is 2.78. The molecule has 0 fully saturated rings. The maximum absolute atomic E-state index is 11.4. The molecule has 18 heavy (non-hydrogen) atoms. The molecule has 0 aliphatic rings. The second-order valence-electron chi connectivity index (χ2n) is 4.19. The number of pyridine rings is 1. The number of nitrogens with zero attached hydrogens (tertiary/aromatic N) is 1. The van der Waals surface area contributed by atoms with E-state index in [1.807, 2.05) is 13.1 Å². The van der Waals surface area contributed by atoms with Gasteiger partial charge >= 0.3 is 5.97 Å². The first-order valence-corrected chi connectivity index (χ1v) is 6.04. The van der Waals surface area contributed by atoms with Gasteiger partial charge in [-0.2, -0.15) is 0 Å². The molecule has 0 bridgehead atoms. The summed E-state index contributed by atoms with van der Waals surface area (Å²) in [4.78, 5) is 15.7. The lowest BCUT2D eigenvalue weighted by Crippen LogP contribution is -2.14. The Morgan fingerprint density at radius 2 is 2.33 bits per heavy atom. The van der Waals surface area contributed by atoms with E-state index in [1.165, 1.54) is 12.7 Å². The summed E-state index contributed by atoms with van der Waals surface area (Å²) >= 11 is 0. The lowest BCUT2D eigenvalue weighted by Gasteiger charge is -2.12. The van der Waals surface area contributed by atoms with Crippen molar-refractivity contribution in [1.29, 1.82) is 0 Å². The van der Waals surface area contributed by atoms with Crippen molar-refractivity contribution in [3.05, 3.63) is 41.4 Å². The van der Waals surface area contributed by atoms with Crippen LogP contribution in [-0.4, -0.2) is 18.1 Å². The maximum atomic E-state index is 11.4. The molecule has 0 spiro atoms. The van der Waals surface area contributed by atoms with E-state index in [0.29, 0.717) is 5.56 Å². The van der Waals surface area contributed by atoms with Gasteiger partial charge in [-0.1, -0.05) is 12.5 Å². The molecule has 1 heterocycles. The van der Waals surface area contributed by atoms with Crippen LogP contribution in [0.3, 0.4) is 0 Å². The number of carbonyl (C=O) groups is 1. The van der Waals surface area contributed by atoms with Gasteiger partial charge in [0, 0.05) is 6.20 Å². The fraction of sp³-hybridized carbons (Fsp3) is 0.429. The Morgan fingerprint density at radius 3 is 2.94 bits per heavy atom. The Bertz CT molecular complexity index is 441. The average molecular weight is 248 g/mol. The monoisotopic (exact) mass is 248 g/mol. The van der Waals surface area contributed by atoms with Crippen molar-refractivity contribution in [2.75, 3.05) is 7.11 Å². The highest BCUT2D eigenvalue weighted by Crippen LogP contribution is 2.12. The van der Waals surface area contributed by atoms with E-state index in [1.54, 1.807) is 18.3 Å². The van der Waals surface area contributed by atoms with Gasteiger partial charge in [0.2, 0.25) is 0 Å². The van der Waals surface area contributed by atoms with E-state index >= 15 is 0 Å². The fourth-order valence-corrected chi connectivity index (χ4v) is 1.38. The molecule has 0 amide bonds. The quantitative estimate of drug-likeness (QED) is 0.814. The van der Waals surface area contributed by atoms with Crippen molar-refractivity contribution in [2.45, 2.75) is 33.2 Å². The van der Waals surface area contributed by atoms with Crippen LogP contribution >= 0.6 is 0 Å². The molecule has 1 atom stereocenters. The maximum Gasteiger partial charge on any atom is 0.337 e. The van der Waals surface area contributed by atoms with Crippen molar-refractivity contribution in [3.63, 3.8) is 0 Å². The number of methoxy groups -OCH3 is 1. The van der Waals surface area contributed by atoms with Crippen LogP contribution < -0.4 is 5.32 Å². The number of nitrogens with one attached hydrogen (secondary N) is 1. The van der Waals surface area contributed by atoms with Gasteiger partial charge in [0.25, 0.3) is 0 Å². The van der Waals surface area contributed by atoms with Gasteiger partial charge in [0.1, 0.15) is 0 Å². The third-order valence-electron chi connectivity index (χ3n) is 2.78. The highest BCUT2D eigenvalue weighted by atomic mass is 16.5. The summed E-state index contributed by atoms with van der Waals surface area (Å²) in [6.45, 7) is 6.18. The molecule has 0 saturated heterocycles. The molecule has 0 aliphatic carbocycles. The van der Waals surface area contributed by atoms with Gasteiger partial charge in [0.05, 0.1) is 24.4 Å². The molecule has 0 aliphatic heterocycles. The number of rotatable bonds is 5. The lowest BCUT2D eigenvalue weighted by atomic mass is 10.1. The molecule has 4 heteroatoms. The highest BCUT2D eigenvalue weighted by Gasteiger charge is 2.10. The Morgan fingerprint density at radius 1 is 1.61 bits per heavy atom. The summed E-state index contributed by atoms with van der Waals surface area (Å²) in [5.41, 5.74) is 2.61. The van der Waals surface area contributed by atoms with Crippen molar-refractivity contribution in [1.82, 2.24) is 10.3 Å². The zero-order valence-electron chi connectivity index (χ0n) is 11.4. The SMILES string of the molecule is CC/C(C)=C/NC(C)c1cc(C(=O)OC)ccn1. The topological polar surface area (TPSA) is 51.2 Å². The molecule has 1 N–H and O–H groups in total. The summed E-state index contributed by atoms with van der Waals surface area (Å²) < 4.78 is 4.69. The van der Waals surface area contributed by atoms with Gasteiger partial charge in [0.15, 0.2) is 0 Å². The summed E-state index contributed by atoms with van der Waals surface area (Å²) in [7, 11) is 1.37. The van der Waals surface area contributed by atoms with Gasteiger partial charge in [-0.15, -0.1) is 0 Å². The summed E-state index contributed by atoms with van der Waals surface area (Å²) in [6, 6.07) is 3.45. The van der Waals surface area contributed by atoms with Crippen molar-refractivity contribution >= 4 is 5.97 Å². The highest BCUT2D eigenvalue weighted by molar-refractivity contribution is 5.89. The number of carbonyl (C=O) groups excluding carboxylic acids is 1. The fourth-order valence-electron chi connectivity index (χ4n) is 1.38. The van der Waals surface area contributed by atoms with Crippen LogP contribution in [0, 0.1) is 0 Å². The standard InChI is InChI=1S/C14H20N2O2/c1-5-10(2)9-16-11(3)13-8-12(6-7-15-13)14(17)18-4/h6-9,11,16H,5H2,1-4H3/b10-9+. The summed E-state index contributed by atoms with van der Waals surface area (Å²) in [6.07, 6.45) is 4.61. The minimum Gasteiger partial charge on any atom is -0.465 e. The second kappa shape index (κ2) is 6.79. The van der Waals surface area contributed by atoms with Crippen molar-refractivity contribution in [2.24, 2.45) is 0 Å². The Balaban J connectivity index is 2.80. The zero-order chi connectivity index (χ0) is 13.5. The molecule has 0 radical (unpaired) electrons. The lowest BCUT2D eigenvalue weighted by molar-refractivity contribution is 0.0600. The zero-order valence-corrected chi connectivity index (χ0v) is 11.4. The van der Waals surface area contributed by atoms with E-state index in [2.05, 4.69) is 28.9 Å². The molecule has 4 nitrogen and oxygen atoms in total. The van der Waals surface area contributed by atoms with Crippen LogP contribution in [0.5, 0.6) is 0 Å². The largest absolute Gasteiger partial charge is 0.465 e. The Hall–Kier alpha value is -1.84. The van der Waals surface area contributed by atoms with E-state index in [9.17, 15) is 4.79 Å². The molecule has 98 valence electrons. The molecular weight excluding hydrogens is 228 g/mol. The number of aromatic nitrogens is 1. The van der Waals surface area contributed by atoms with Crippen LogP contribution in [0.1, 0.15) is 49.3 Å². The molecule has 0 aromatic carbocycles. The van der Waals surface area contributed by atoms with Crippen LogP contribution in [-0.2, 0) is 4.74 Å². The predicted octanol–water partition coefficient (Wildman–Crippen LogP) is 2.83. The van der Waals surface area contributed by atoms with Gasteiger partial charge < -0.3 is 10.1 Å². The average Bonchev–Trinajstić information content (AvgIpc) is 2.43. The van der Waals surface area contributed by atoms with Crippen LogP contribution in [0.25, 0.3) is 0 Å². The smallest absolute Gasteiger partial charge is 0.337 e. The molecule has 1 rings (SSSR count). The van der Waals surface area contributed by atoms with Gasteiger partial charge in [-0.25, -0.2) is 4.79 Å². The number of esters is 1. The minimum absolute atomic E-state index is 0.0520. The first-order valence-electron chi connectivity index (χ1n) is 6.04. The van der Waals surface area contributed by atoms with E-state index in [0.717, 1.165) is 12.1 Å². The number of allylic oxidation sites excluding steroid dienone is 1. The molecular formula is C14H20N2O2. The molecule has 1 aromatic rings. The van der Waals surface area contributed by atoms with Crippen LogP contribution in [0.15, 0.2) is 30.1 Å². The van der Waals surface area contributed by atoms with Gasteiger partial charge in [-0.05, 0) is 38.6 Å². The summed E-state index contributed by atoms with van der Waals surface area (Å²) in [5.74, 6) is -0.342. The molecule has 0 saturated carbocycles. The van der Waals surface area contributed by atoms with Crippen LogP contribution in [0.2, 0.25) is 0 Å². The minimum atomic E-state index is -0.342. The summed E-state index contributed by atoms with van der Waals surface area (Å²) in [5, 5.41) is 3.26. The number of hydrogen-bond donors (Lipinski definition) is 1. The second-order valence-corrected chi connectivity index (χ2v) is 4.19. The molecule has 1 aromatic heterocycles. The Kier molecular flexibility index (Phi) is 5.36. The first kappa shape index (κ1) is 14.2. The normalized spacial score (nSPS) is 13.0. The van der Waals surface area contributed by atoms with E-state index < -0.39 is 0 Å². The first-order chi connectivity index (χ1) is 8.58. The predicted molar refractivity (Wildman–Crippen MR) is 71.2 cm³/mol. The number of hydrogen-bond acceptors (Lipinski definition) is 4. The van der Waals surface area contributed by atoms with Gasteiger partial charge in [-0.3, -0.25) is 4.98 Å². The van der Waals surface area contributed by atoms with E-state index in [4.69, 9.17) is 0 Å².